The third-order valence-electron chi connectivity index (χ3n) is 5.78. The molecule has 0 bridgehead atoms. The predicted molar refractivity (Wildman–Crippen MR) is 83.2 cm³/mol. The zero-order valence-corrected chi connectivity index (χ0v) is 12.8. The van der Waals surface area contributed by atoms with Crippen LogP contribution in [0, 0.1) is 5.92 Å². The second kappa shape index (κ2) is 4.84. The van der Waals surface area contributed by atoms with E-state index < -0.39 is 0 Å². The molecule has 3 nitrogen and oxygen atoms in total. The van der Waals surface area contributed by atoms with E-state index in [2.05, 4.69) is 41.4 Å². The molecule has 0 radical (unpaired) electrons. The molecule has 1 aromatic rings. The highest BCUT2D eigenvalue weighted by atomic mass is 16.2. The summed E-state index contributed by atoms with van der Waals surface area (Å²) in [7, 11) is 0. The molecule has 2 unspecified atom stereocenters. The Morgan fingerprint density at radius 2 is 2.24 bits per heavy atom. The number of hydrogen-bond donors (Lipinski definition) is 1. The SMILES string of the molecule is C[C@@H]1CNCCN1C(=O)C1CC12CCCc1ccccc12. The molecule has 3 aliphatic rings. The van der Waals surface area contributed by atoms with Gasteiger partial charge in [0.15, 0.2) is 0 Å². The minimum Gasteiger partial charge on any atom is -0.337 e. The van der Waals surface area contributed by atoms with E-state index in [4.69, 9.17) is 0 Å². The lowest BCUT2D eigenvalue weighted by Crippen LogP contribution is -2.53. The van der Waals surface area contributed by atoms with Crippen LogP contribution in [0.15, 0.2) is 24.3 Å². The average molecular weight is 284 g/mol. The first kappa shape index (κ1) is 13.3. The summed E-state index contributed by atoms with van der Waals surface area (Å²) in [6, 6.07) is 9.13. The van der Waals surface area contributed by atoms with Crippen LogP contribution in [-0.4, -0.2) is 36.5 Å². The van der Waals surface area contributed by atoms with Crippen molar-refractivity contribution in [1.29, 1.82) is 0 Å². The molecule has 4 rings (SSSR count). The van der Waals surface area contributed by atoms with E-state index >= 15 is 0 Å². The van der Waals surface area contributed by atoms with Gasteiger partial charge in [0, 0.05) is 37.0 Å². The van der Waals surface area contributed by atoms with E-state index in [0.717, 1.165) is 26.1 Å². The first-order valence-corrected chi connectivity index (χ1v) is 8.32. The molecule has 1 N–H and O–H groups in total. The summed E-state index contributed by atoms with van der Waals surface area (Å²) < 4.78 is 0. The lowest BCUT2D eigenvalue weighted by Gasteiger charge is -2.35. The fourth-order valence-corrected chi connectivity index (χ4v) is 4.52. The fourth-order valence-electron chi connectivity index (χ4n) is 4.52. The number of aryl methyl sites for hydroxylation is 1. The summed E-state index contributed by atoms with van der Waals surface area (Å²) in [5, 5.41) is 3.37. The zero-order chi connectivity index (χ0) is 14.4. The molecule has 0 aromatic heterocycles. The maximum atomic E-state index is 13.0. The van der Waals surface area contributed by atoms with Crippen molar-refractivity contribution in [2.45, 2.75) is 44.1 Å². The smallest absolute Gasteiger partial charge is 0.226 e. The number of hydrogen-bond acceptors (Lipinski definition) is 2. The van der Waals surface area contributed by atoms with Gasteiger partial charge in [0.05, 0.1) is 0 Å². The van der Waals surface area contributed by atoms with Crippen molar-refractivity contribution in [3.8, 4) is 0 Å². The Hall–Kier alpha value is -1.35. The van der Waals surface area contributed by atoms with Gasteiger partial charge < -0.3 is 10.2 Å². The van der Waals surface area contributed by atoms with Crippen LogP contribution >= 0.6 is 0 Å². The molecule has 112 valence electrons. The number of nitrogens with one attached hydrogen (secondary N) is 1. The molecule has 21 heavy (non-hydrogen) atoms. The lowest BCUT2D eigenvalue weighted by atomic mass is 9.78. The molecule has 1 heterocycles. The van der Waals surface area contributed by atoms with Gasteiger partial charge in [-0.3, -0.25) is 4.79 Å². The zero-order valence-electron chi connectivity index (χ0n) is 12.8. The molecular formula is C18H24N2O. The number of rotatable bonds is 1. The van der Waals surface area contributed by atoms with Crippen LogP contribution in [0.5, 0.6) is 0 Å². The Morgan fingerprint density at radius 1 is 1.38 bits per heavy atom. The summed E-state index contributed by atoms with van der Waals surface area (Å²) in [5.74, 6) is 0.639. The van der Waals surface area contributed by atoms with Crippen LogP contribution in [0.25, 0.3) is 0 Å². The Kier molecular flexibility index (Phi) is 3.07. The molecule has 1 amide bonds. The van der Waals surface area contributed by atoms with Crippen molar-refractivity contribution in [1.82, 2.24) is 10.2 Å². The van der Waals surface area contributed by atoms with Gasteiger partial charge in [-0.1, -0.05) is 24.3 Å². The first-order valence-electron chi connectivity index (χ1n) is 8.32. The standard InChI is InChI=1S/C18H24N2O/c1-13-12-19-9-10-20(13)17(21)16-11-18(16)8-4-6-14-5-2-3-7-15(14)18/h2-3,5,7,13,16,19H,4,6,8-12H2,1H3/t13-,16?,18?/m1/s1. The van der Waals surface area contributed by atoms with Gasteiger partial charge in [-0.2, -0.15) is 0 Å². The number of piperazine rings is 1. The third kappa shape index (κ3) is 2.02. The normalized spacial score (nSPS) is 34.6. The fraction of sp³-hybridized carbons (Fsp3) is 0.611. The van der Waals surface area contributed by atoms with E-state index in [9.17, 15) is 4.79 Å². The number of carbonyl (C=O) groups excluding carboxylic acids is 1. The van der Waals surface area contributed by atoms with Gasteiger partial charge in [0.2, 0.25) is 5.91 Å². The van der Waals surface area contributed by atoms with Crippen LogP contribution in [0.3, 0.4) is 0 Å². The van der Waals surface area contributed by atoms with Gasteiger partial charge in [-0.15, -0.1) is 0 Å². The van der Waals surface area contributed by atoms with Crippen LogP contribution in [0.1, 0.15) is 37.3 Å². The quantitative estimate of drug-likeness (QED) is 0.856. The Balaban J connectivity index is 1.59. The van der Waals surface area contributed by atoms with Crippen molar-refractivity contribution in [2.75, 3.05) is 19.6 Å². The molecule has 1 spiro atoms. The summed E-state index contributed by atoms with van der Waals surface area (Å²) in [5.41, 5.74) is 3.13. The highest BCUT2D eigenvalue weighted by molar-refractivity contribution is 5.85. The van der Waals surface area contributed by atoms with Gasteiger partial charge in [-0.05, 0) is 43.7 Å². The molecule has 1 aromatic carbocycles. The van der Waals surface area contributed by atoms with Crippen molar-refractivity contribution in [3.05, 3.63) is 35.4 Å². The van der Waals surface area contributed by atoms with E-state index in [1.807, 2.05) is 0 Å². The summed E-state index contributed by atoms with van der Waals surface area (Å²) in [6.07, 6.45) is 4.68. The van der Waals surface area contributed by atoms with Gasteiger partial charge >= 0.3 is 0 Å². The minimum absolute atomic E-state index is 0.177. The maximum Gasteiger partial charge on any atom is 0.226 e. The van der Waals surface area contributed by atoms with Gasteiger partial charge in [0.25, 0.3) is 0 Å². The Bertz CT molecular complexity index is 570. The molecule has 1 saturated carbocycles. The van der Waals surface area contributed by atoms with Crippen molar-refractivity contribution < 1.29 is 4.79 Å². The third-order valence-corrected chi connectivity index (χ3v) is 5.78. The number of amides is 1. The molecule has 1 saturated heterocycles. The molecule has 2 aliphatic carbocycles. The van der Waals surface area contributed by atoms with Gasteiger partial charge in [-0.25, -0.2) is 0 Å². The molecule has 1 aliphatic heterocycles. The molecule has 3 heteroatoms. The number of nitrogens with zero attached hydrogens (tertiary/aromatic N) is 1. The van der Waals surface area contributed by atoms with E-state index in [1.54, 1.807) is 0 Å². The van der Waals surface area contributed by atoms with Gasteiger partial charge in [0.1, 0.15) is 0 Å². The lowest BCUT2D eigenvalue weighted by molar-refractivity contribution is -0.135. The number of carbonyl (C=O) groups is 1. The largest absolute Gasteiger partial charge is 0.337 e. The number of fused-ring (bicyclic) bond motifs is 2. The molecule has 3 atom stereocenters. The predicted octanol–water partition coefficient (Wildman–Crippen LogP) is 2.10. The van der Waals surface area contributed by atoms with E-state index in [0.29, 0.717) is 11.9 Å². The van der Waals surface area contributed by atoms with E-state index in [1.165, 1.54) is 30.4 Å². The minimum atomic E-state index is 0.177. The topological polar surface area (TPSA) is 32.3 Å². The second-order valence-electron chi connectivity index (χ2n) is 7.01. The van der Waals surface area contributed by atoms with E-state index in [-0.39, 0.29) is 11.3 Å². The summed E-state index contributed by atoms with van der Waals surface area (Å²) in [4.78, 5) is 15.1. The summed E-state index contributed by atoms with van der Waals surface area (Å²) in [6.45, 7) is 4.90. The highest BCUT2D eigenvalue weighted by Gasteiger charge is 2.61. The Labute approximate surface area is 126 Å². The number of benzene rings is 1. The van der Waals surface area contributed by atoms with Crippen molar-refractivity contribution in [3.63, 3.8) is 0 Å². The molecular weight excluding hydrogens is 260 g/mol. The maximum absolute atomic E-state index is 13.0. The van der Waals surface area contributed by atoms with Crippen LogP contribution in [-0.2, 0) is 16.6 Å². The van der Waals surface area contributed by atoms with Crippen molar-refractivity contribution >= 4 is 5.91 Å². The second-order valence-corrected chi connectivity index (χ2v) is 7.01. The van der Waals surface area contributed by atoms with Crippen molar-refractivity contribution in [2.24, 2.45) is 5.92 Å². The van der Waals surface area contributed by atoms with Crippen LogP contribution in [0.2, 0.25) is 0 Å². The first-order chi connectivity index (χ1) is 10.2. The monoisotopic (exact) mass is 284 g/mol. The average Bonchev–Trinajstić information content (AvgIpc) is 3.22. The van der Waals surface area contributed by atoms with Crippen LogP contribution < -0.4 is 5.32 Å². The van der Waals surface area contributed by atoms with Crippen LogP contribution in [0.4, 0.5) is 0 Å². The molecule has 2 fully saturated rings. The highest BCUT2D eigenvalue weighted by Crippen LogP contribution is 2.60. The summed E-state index contributed by atoms with van der Waals surface area (Å²) >= 11 is 0. The Morgan fingerprint density at radius 3 is 3.10 bits per heavy atom.